The first-order valence-electron chi connectivity index (χ1n) is 8.70. The monoisotopic (exact) mass is 352 g/mol. The summed E-state index contributed by atoms with van der Waals surface area (Å²) in [6, 6.07) is 9.64. The van der Waals surface area contributed by atoms with E-state index in [1.54, 1.807) is 7.11 Å². The van der Waals surface area contributed by atoms with Crippen LogP contribution in [0.2, 0.25) is 0 Å². The highest BCUT2D eigenvalue weighted by Crippen LogP contribution is 2.17. The molecule has 6 nitrogen and oxygen atoms in total. The fourth-order valence-electron chi connectivity index (χ4n) is 3.07. The molecule has 0 aliphatic rings. The molecule has 0 unspecified atom stereocenters. The van der Waals surface area contributed by atoms with Gasteiger partial charge in [0.15, 0.2) is 5.65 Å². The smallest absolute Gasteiger partial charge is 0.220 e. The first kappa shape index (κ1) is 17.9. The summed E-state index contributed by atoms with van der Waals surface area (Å²) in [5.74, 6) is 0.833. The number of rotatable bonds is 6. The van der Waals surface area contributed by atoms with Crippen LogP contribution in [0.5, 0.6) is 5.75 Å². The summed E-state index contributed by atoms with van der Waals surface area (Å²) in [5.41, 5.74) is 5.92. The first-order chi connectivity index (χ1) is 12.5. The maximum atomic E-state index is 12.2. The highest BCUT2D eigenvalue weighted by atomic mass is 16.5. The number of fused-ring (bicyclic) bond motifs is 1. The lowest BCUT2D eigenvalue weighted by atomic mass is 10.1. The maximum Gasteiger partial charge on any atom is 0.220 e. The van der Waals surface area contributed by atoms with Gasteiger partial charge >= 0.3 is 0 Å². The summed E-state index contributed by atoms with van der Waals surface area (Å²) in [5, 5.41) is 7.44. The normalized spacial score (nSPS) is 10.9. The van der Waals surface area contributed by atoms with Crippen LogP contribution in [0, 0.1) is 20.8 Å². The van der Waals surface area contributed by atoms with Crippen molar-refractivity contribution in [2.75, 3.05) is 7.11 Å². The second-order valence-electron chi connectivity index (χ2n) is 6.44. The Kier molecular flexibility index (Phi) is 5.21. The Hall–Kier alpha value is -2.89. The van der Waals surface area contributed by atoms with Gasteiger partial charge in [0.05, 0.1) is 12.8 Å². The summed E-state index contributed by atoms with van der Waals surface area (Å²) < 4.78 is 6.99. The number of amides is 1. The molecular weight excluding hydrogens is 328 g/mol. The van der Waals surface area contributed by atoms with Crippen LogP contribution >= 0.6 is 0 Å². The highest BCUT2D eigenvalue weighted by molar-refractivity contribution is 5.76. The molecule has 26 heavy (non-hydrogen) atoms. The van der Waals surface area contributed by atoms with Crippen molar-refractivity contribution in [3.63, 3.8) is 0 Å². The molecule has 0 atom stereocenters. The SMILES string of the molecule is COc1ccc(CNC(=O)CCc2c(C)nc3cc(C)nn3c2C)cc1. The van der Waals surface area contributed by atoms with E-state index in [1.165, 1.54) is 0 Å². The number of hydrogen-bond donors (Lipinski definition) is 1. The molecule has 0 aliphatic heterocycles. The van der Waals surface area contributed by atoms with Gasteiger partial charge in [0.2, 0.25) is 5.91 Å². The molecule has 6 heteroatoms. The molecular formula is C20H24N4O2. The summed E-state index contributed by atoms with van der Waals surface area (Å²) in [6.07, 6.45) is 1.07. The van der Waals surface area contributed by atoms with Gasteiger partial charge in [-0.15, -0.1) is 0 Å². The van der Waals surface area contributed by atoms with Gasteiger partial charge in [0.25, 0.3) is 0 Å². The topological polar surface area (TPSA) is 68.5 Å². The van der Waals surface area contributed by atoms with E-state index in [2.05, 4.69) is 15.4 Å². The van der Waals surface area contributed by atoms with Gasteiger partial charge in [-0.1, -0.05) is 12.1 Å². The number of carbonyl (C=O) groups excluding carboxylic acids is 1. The van der Waals surface area contributed by atoms with Crippen molar-refractivity contribution in [1.82, 2.24) is 19.9 Å². The fourth-order valence-corrected chi connectivity index (χ4v) is 3.07. The summed E-state index contributed by atoms with van der Waals surface area (Å²) in [4.78, 5) is 16.8. The average molecular weight is 352 g/mol. The number of ether oxygens (including phenoxy) is 1. The number of carbonyl (C=O) groups is 1. The van der Waals surface area contributed by atoms with Crippen LogP contribution in [0.4, 0.5) is 0 Å². The van der Waals surface area contributed by atoms with E-state index in [0.717, 1.165) is 39.6 Å². The quantitative estimate of drug-likeness (QED) is 0.741. The molecule has 0 spiro atoms. The first-order valence-corrected chi connectivity index (χ1v) is 8.70. The van der Waals surface area contributed by atoms with Crippen molar-refractivity contribution in [3.8, 4) is 5.75 Å². The third kappa shape index (κ3) is 3.85. The van der Waals surface area contributed by atoms with Crippen LogP contribution in [0.25, 0.3) is 5.65 Å². The zero-order valence-electron chi connectivity index (χ0n) is 15.7. The molecule has 0 radical (unpaired) electrons. The minimum absolute atomic E-state index is 0.0244. The number of benzene rings is 1. The lowest BCUT2D eigenvalue weighted by Gasteiger charge is -2.11. The van der Waals surface area contributed by atoms with Crippen molar-refractivity contribution in [2.45, 2.75) is 40.2 Å². The number of aryl methyl sites for hydroxylation is 3. The number of nitrogens with zero attached hydrogens (tertiary/aromatic N) is 3. The van der Waals surface area contributed by atoms with Gasteiger partial charge in [0.1, 0.15) is 5.75 Å². The van der Waals surface area contributed by atoms with E-state index in [-0.39, 0.29) is 5.91 Å². The van der Waals surface area contributed by atoms with Gasteiger partial charge in [0, 0.05) is 30.4 Å². The van der Waals surface area contributed by atoms with Gasteiger partial charge in [-0.3, -0.25) is 4.79 Å². The van der Waals surface area contributed by atoms with Crippen molar-refractivity contribution in [2.24, 2.45) is 0 Å². The van der Waals surface area contributed by atoms with Crippen molar-refractivity contribution in [1.29, 1.82) is 0 Å². The molecule has 0 fully saturated rings. The summed E-state index contributed by atoms with van der Waals surface area (Å²) in [7, 11) is 1.64. The number of aromatic nitrogens is 3. The second-order valence-corrected chi connectivity index (χ2v) is 6.44. The molecule has 0 saturated carbocycles. The Morgan fingerprint density at radius 2 is 1.92 bits per heavy atom. The maximum absolute atomic E-state index is 12.2. The lowest BCUT2D eigenvalue weighted by Crippen LogP contribution is -2.23. The van der Waals surface area contributed by atoms with Crippen molar-refractivity contribution >= 4 is 11.6 Å². The van der Waals surface area contributed by atoms with Crippen LogP contribution in [0.15, 0.2) is 30.3 Å². The van der Waals surface area contributed by atoms with E-state index in [9.17, 15) is 4.79 Å². The second kappa shape index (κ2) is 7.56. The van der Waals surface area contributed by atoms with Crippen molar-refractivity contribution < 1.29 is 9.53 Å². The fraction of sp³-hybridized carbons (Fsp3) is 0.350. The van der Waals surface area contributed by atoms with Gasteiger partial charge in [-0.25, -0.2) is 9.50 Å². The molecule has 1 N–H and O–H groups in total. The van der Waals surface area contributed by atoms with Gasteiger partial charge in [-0.05, 0) is 50.5 Å². The standard InChI is InChI=1S/C20H24N4O2/c1-13-11-19-22-14(2)18(15(3)24(19)23-13)9-10-20(25)21-12-16-5-7-17(26-4)8-6-16/h5-8,11H,9-10,12H2,1-4H3,(H,21,25). The van der Waals surface area contributed by atoms with Crippen LogP contribution in [0.1, 0.15) is 34.6 Å². The zero-order chi connectivity index (χ0) is 18.7. The average Bonchev–Trinajstić information content (AvgIpc) is 3.00. The van der Waals surface area contributed by atoms with Crippen LogP contribution in [-0.2, 0) is 17.8 Å². The third-order valence-corrected chi connectivity index (χ3v) is 4.54. The Labute approximate surface area is 153 Å². The largest absolute Gasteiger partial charge is 0.497 e. The Bertz CT molecular complexity index is 929. The van der Waals surface area contributed by atoms with E-state index in [4.69, 9.17) is 4.74 Å². The minimum atomic E-state index is 0.0244. The molecule has 2 heterocycles. The number of hydrogen-bond acceptors (Lipinski definition) is 4. The molecule has 2 aromatic heterocycles. The molecule has 0 saturated heterocycles. The van der Waals surface area contributed by atoms with Crippen molar-refractivity contribution in [3.05, 3.63) is 58.5 Å². The minimum Gasteiger partial charge on any atom is -0.497 e. The van der Waals surface area contributed by atoms with Gasteiger partial charge < -0.3 is 10.1 Å². The Morgan fingerprint density at radius 3 is 2.62 bits per heavy atom. The molecule has 0 bridgehead atoms. The molecule has 136 valence electrons. The molecule has 1 amide bonds. The summed E-state index contributed by atoms with van der Waals surface area (Å²) in [6.45, 7) is 6.48. The third-order valence-electron chi connectivity index (χ3n) is 4.54. The van der Waals surface area contributed by atoms with E-state index < -0.39 is 0 Å². The zero-order valence-corrected chi connectivity index (χ0v) is 15.7. The summed E-state index contributed by atoms with van der Waals surface area (Å²) >= 11 is 0. The predicted octanol–water partition coefficient (Wildman–Crippen LogP) is 2.91. The van der Waals surface area contributed by atoms with Crippen LogP contribution in [0.3, 0.4) is 0 Å². The van der Waals surface area contributed by atoms with E-state index in [1.807, 2.05) is 55.6 Å². The number of nitrogens with one attached hydrogen (secondary N) is 1. The highest BCUT2D eigenvalue weighted by Gasteiger charge is 2.12. The van der Waals surface area contributed by atoms with Gasteiger partial charge in [-0.2, -0.15) is 5.10 Å². The predicted molar refractivity (Wildman–Crippen MR) is 100 cm³/mol. The number of methoxy groups -OCH3 is 1. The molecule has 3 aromatic rings. The van der Waals surface area contributed by atoms with Crippen LogP contribution in [-0.4, -0.2) is 27.6 Å². The molecule has 1 aromatic carbocycles. The van der Waals surface area contributed by atoms with E-state index in [0.29, 0.717) is 19.4 Å². The molecule has 3 rings (SSSR count). The molecule has 0 aliphatic carbocycles. The van der Waals surface area contributed by atoms with Crippen LogP contribution < -0.4 is 10.1 Å². The Balaban J connectivity index is 1.61. The van der Waals surface area contributed by atoms with E-state index >= 15 is 0 Å². The Morgan fingerprint density at radius 1 is 1.19 bits per heavy atom. The lowest BCUT2D eigenvalue weighted by molar-refractivity contribution is -0.121.